The second-order valence-corrected chi connectivity index (χ2v) is 21.6. The summed E-state index contributed by atoms with van der Waals surface area (Å²) in [6.07, 6.45) is 31.9. The molecule has 10 rings (SSSR count). The molecule has 10 heterocycles. The minimum absolute atomic E-state index is 0.267. The van der Waals surface area contributed by atoms with Crippen LogP contribution in [0.15, 0.2) is 118 Å². The first kappa shape index (κ1) is 55.7. The quantitative estimate of drug-likeness (QED) is 0.130. The Morgan fingerprint density at radius 2 is 1.21 bits per heavy atom. The fourth-order valence-corrected chi connectivity index (χ4v) is 7.78. The summed E-state index contributed by atoms with van der Waals surface area (Å²) in [7, 11) is -0.314. The number of hydrogen-bond donors (Lipinski definition) is 1. The van der Waals surface area contributed by atoms with Gasteiger partial charge in [0.1, 0.15) is 11.2 Å². The maximum Gasteiger partial charge on any atom is 0.490 e. The first-order chi connectivity index (χ1) is 35.6. The van der Waals surface area contributed by atoms with Gasteiger partial charge in [-0.05, 0) is 140 Å². The van der Waals surface area contributed by atoms with Crippen LogP contribution < -0.4 is 5.32 Å². The van der Waals surface area contributed by atoms with Crippen molar-refractivity contribution in [2.45, 2.75) is 111 Å². The molecule has 5 aliphatic rings. The van der Waals surface area contributed by atoms with Crippen LogP contribution >= 0.6 is 15.9 Å². The molecule has 0 saturated carbocycles. The van der Waals surface area contributed by atoms with E-state index in [2.05, 4.69) is 78.6 Å². The smallest absolute Gasteiger partial charge is 0.444 e. The van der Waals surface area contributed by atoms with Crippen molar-refractivity contribution >= 4 is 58.6 Å². The minimum atomic E-state index is -0.474. The highest BCUT2D eigenvalue weighted by Gasteiger charge is 2.52. The zero-order valence-corrected chi connectivity index (χ0v) is 45.9. The molecule has 75 heavy (non-hydrogen) atoms. The van der Waals surface area contributed by atoms with E-state index in [4.69, 9.17) is 18.8 Å². The molecule has 5 aliphatic heterocycles. The number of nitrogens with zero attached hydrogens (tertiary/aromatic N) is 14. The molecule has 0 radical (unpaired) electrons. The van der Waals surface area contributed by atoms with E-state index in [0.717, 1.165) is 59.0 Å². The number of ether oxygens (including phenoxy) is 2. The predicted octanol–water partition coefficient (Wildman–Crippen LogP) is 8.16. The Morgan fingerprint density at radius 3 is 1.64 bits per heavy atom. The summed E-state index contributed by atoms with van der Waals surface area (Å²) >= 11 is 3.28. The highest BCUT2D eigenvalue weighted by Crippen LogP contribution is 2.39. The minimum Gasteiger partial charge on any atom is -0.444 e. The van der Waals surface area contributed by atoms with Gasteiger partial charge < -0.3 is 33.9 Å². The molecule has 0 atom stereocenters. The van der Waals surface area contributed by atoms with Gasteiger partial charge in [-0.2, -0.15) is 25.3 Å². The van der Waals surface area contributed by atoms with Crippen LogP contribution in [0, 0.1) is 6.08 Å². The number of aromatic nitrogens is 10. The van der Waals surface area contributed by atoms with Gasteiger partial charge in [0, 0.05) is 87.2 Å². The molecule has 1 fully saturated rings. The van der Waals surface area contributed by atoms with Crippen LogP contribution in [0.5, 0.6) is 0 Å². The average Bonchev–Trinajstić information content (AvgIpc) is 4.23. The maximum absolute atomic E-state index is 12.1. The zero-order chi connectivity index (χ0) is 53.8. The van der Waals surface area contributed by atoms with Crippen molar-refractivity contribution in [3.05, 3.63) is 126 Å². The van der Waals surface area contributed by atoms with E-state index in [0.29, 0.717) is 44.0 Å². The van der Waals surface area contributed by atoms with E-state index in [1.165, 1.54) is 5.57 Å². The number of hydrogen-bond acceptors (Lipinski definition) is 16. The summed E-state index contributed by atoms with van der Waals surface area (Å²) in [6.45, 7) is 23.7. The molecule has 0 unspecified atom stereocenters. The lowest BCUT2D eigenvalue weighted by Crippen LogP contribution is -2.41. The first-order valence-corrected chi connectivity index (χ1v) is 25.5. The first-order valence-electron chi connectivity index (χ1n) is 24.8. The number of halogens is 1. The van der Waals surface area contributed by atoms with Crippen molar-refractivity contribution in [1.82, 2.24) is 64.4 Å². The zero-order valence-electron chi connectivity index (χ0n) is 44.3. The van der Waals surface area contributed by atoms with Gasteiger partial charge in [0.2, 0.25) is 11.9 Å². The molecular formula is C52H66BBrN15O6+. The summed E-state index contributed by atoms with van der Waals surface area (Å²) in [5.41, 5.74) is 4.18. The molecule has 1 saturated heterocycles. The van der Waals surface area contributed by atoms with Crippen molar-refractivity contribution in [1.29, 1.82) is 0 Å². The fourth-order valence-electron chi connectivity index (χ4n) is 7.49. The Morgan fingerprint density at radius 1 is 0.693 bits per heavy atom. The topological polar surface area (TPSA) is 219 Å². The summed E-state index contributed by atoms with van der Waals surface area (Å²) in [5.74, 6) is 1.68. The van der Waals surface area contributed by atoms with E-state index in [1.807, 2.05) is 100.0 Å². The van der Waals surface area contributed by atoms with Gasteiger partial charge in [-0.25, -0.2) is 43.6 Å². The van der Waals surface area contributed by atoms with Gasteiger partial charge in [-0.3, -0.25) is 0 Å². The van der Waals surface area contributed by atoms with E-state index in [-0.39, 0.29) is 30.5 Å². The van der Waals surface area contributed by atoms with Crippen LogP contribution in [0.1, 0.15) is 99.6 Å². The second kappa shape index (κ2) is 24.5. The number of amides is 2. The molecular weight excluding hydrogens is 1020 g/mol. The third kappa shape index (κ3) is 16.0. The van der Waals surface area contributed by atoms with Crippen LogP contribution in [-0.2, 0) is 18.8 Å². The van der Waals surface area contributed by atoms with Crippen molar-refractivity contribution in [3.63, 3.8) is 0 Å². The molecule has 2 amide bonds. The average molecular weight is 1090 g/mol. The van der Waals surface area contributed by atoms with Crippen LogP contribution in [0.3, 0.4) is 0 Å². The fraction of sp³-hybridized carbons (Fsp3) is 0.442. The number of rotatable bonds is 5. The normalized spacial score (nSPS) is 17.8. The SMILES string of the molecule is Brc1cnn(C2=NC=[C+]C=N2)c1.C1=C(c2cnn(-c3ncccn3)c2)CCNC1.CC(C)(C)OC(=O)N1CC=C(B2OC(C)(C)C(C)(C)O2)CC1.CC(C)(C)OC(=O)N1CC=C(c2cnn(-c3ncccn3)c2)CC1. The molecule has 0 aromatic carbocycles. The van der Waals surface area contributed by atoms with Crippen molar-refractivity contribution in [3.8, 4) is 11.9 Å². The maximum atomic E-state index is 12.1. The molecule has 1 N–H and O–H groups in total. The van der Waals surface area contributed by atoms with Crippen LogP contribution in [-0.4, -0.2) is 152 Å². The summed E-state index contributed by atoms with van der Waals surface area (Å²) in [5, 5.41) is 15.9. The Labute approximate surface area is 447 Å². The number of carbonyl (C=O) groups is 2. The van der Waals surface area contributed by atoms with E-state index >= 15 is 0 Å². The third-order valence-corrected chi connectivity index (χ3v) is 12.5. The number of allylic oxidation sites excluding steroid dienone is 1. The Kier molecular flexibility index (Phi) is 18.2. The molecule has 23 heteroatoms. The molecule has 21 nitrogen and oxygen atoms in total. The number of aliphatic imine (C=N–C) groups is 2. The van der Waals surface area contributed by atoms with Gasteiger partial charge >= 0.3 is 25.4 Å². The Hall–Kier alpha value is -7.04. The lowest BCUT2D eigenvalue weighted by Gasteiger charge is -2.32. The summed E-state index contributed by atoms with van der Waals surface area (Å²) in [4.78, 5) is 52.2. The van der Waals surface area contributed by atoms with Gasteiger partial charge in [0.05, 0.1) is 34.3 Å². The molecule has 0 spiro atoms. The van der Waals surface area contributed by atoms with Crippen molar-refractivity contribution < 1.29 is 28.4 Å². The second-order valence-electron chi connectivity index (χ2n) is 20.7. The third-order valence-electron chi connectivity index (χ3n) is 12.1. The lowest BCUT2D eigenvalue weighted by molar-refractivity contribution is 0.00578. The summed E-state index contributed by atoms with van der Waals surface area (Å²) in [6, 6.07) is 3.56. The van der Waals surface area contributed by atoms with Crippen molar-refractivity contribution in [2.24, 2.45) is 9.98 Å². The Balaban J connectivity index is 0.000000150. The lowest BCUT2D eigenvalue weighted by atomic mass is 9.75. The van der Waals surface area contributed by atoms with Gasteiger partial charge in [0.25, 0.3) is 18.4 Å². The van der Waals surface area contributed by atoms with Crippen molar-refractivity contribution in [2.75, 3.05) is 39.3 Å². The Bertz CT molecular complexity index is 2900. The predicted molar refractivity (Wildman–Crippen MR) is 290 cm³/mol. The molecule has 5 aromatic rings. The standard InChI is InChI=1S/C17H21N5O2.C16H28BNO4.C12H13N5.C7H4BrN4/c1-17(2,3)24-16(23)21-9-5-13(6-10-21)14-11-20-22(12-14)15-18-7-4-8-19-15;1-14(2,3)20-13(19)18-10-8-12(9-11-18)17-21-15(4,5)16(6,7)22-17;1-4-14-12(15-5-1)17-9-11(8-16-17)10-2-6-13-7-3-10;8-6-4-11-12(5-6)7-9-2-1-3-10-7/h4-5,7-8,11-12H,6,9-10H2,1-3H3;8H,9-11H2,1-7H3;1-2,4-5,8-9,13H,3,6-7H2;2-5H/q;;;+1. The molecule has 394 valence electrons. The number of carbonyl (C=O) groups excluding carboxylic acids is 2. The van der Waals surface area contributed by atoms with Crippen LogP contribution in [0.2, 0.25) is 0 Å². The van der Waals surface area contributed by atoms with Crippen LogP contribution in [0.25, 0.3) is 23.0 Å². The molecule has 0 aliphatic carbocycles. The monoisotopic (exact) mass is 1090 g/mol. The van der Waals surface area contributed by atoms with E-state index in [1.54, 1.807) is 91.8 Å². The summed E-state index contributed by atoms with van der Waals surface area (Å²) < 4.78 is 28.8. The van der Waals surface area contributed by atoms with Crippen LogP contribution in [0.4, 0.5) is 9.59 Å². The number of nitrogens with one attached hydrogen (secondary N) is 1. The molecule has 5 aromatic heterocycles. The van der Waals surface area contributed by atoms with E-state index < -0.39 is 11.2 Å². The molecule has 0 bridgehead atoms. The van der Waals surface area contributed by atoms with Gasteiger partial charge in [-0.15, -0.1) is 0 Å². The van der Waals surface area contributed by atoms with Gasteiger partial charge in [-0.1, -0.05) is 18.2 Å². The largest absolute Gasteiger partial charge is 0.490 e. The van der Waals surface area contributed by atoms with E-state index in [9.17, 15) is 9.59 Å². The highest BCUT2D eigenvalue weighted by atomic mass is 79.9. The highest BCUT2D eigenvalue weighted by molar-refractivity contribution is 9.10. The van der Waals surface area contributed by atoms with Gasteiger partial charge in [0.15, 0.2) is 0 Å².